The van der Waals surface area contributed by atoms with Gasteiger partial charge in [0.15, 0.2) is 0 Å². The molecule has 0 heterocycles. The first-order chi connectivity index (χ1) is 12.2. The summed E-state index contributed by atoms with van der Waals surface area (Å²) in [7, 11) is 1.52. The topological polar surface area (TPSA) is 105 Å². The molecule has 0 saturated heterocycles. The molecule has 1 aromatic carbocycles. The zero-order valence-electron chi connectivity index (χ0n) is 15.8. The Balaban J connectivity index is 2.75. The van der Waals surface area contributed by atoms with Crippen LogP contribution >= 0.6 is 0 Å². The van der Waals surface area contributed by atoms with Crippen molar-refractivity contribution in [2.45, 2.75) is 58.0 Å². The number of carbonyl (C=O) groups excluding carboxylic acids is 2. The Morgan fingerprint density at radius 2 is 1.85 bits per heavy atom. The van der Waals surface area contributed by atoms with Crippen LogP contribution in [0.2, 0.25) is 0 Å². The first kappa shape index (κ1) is 21.5. The molecule has 1 aromatic rings. The molecule has 0 radical (unpaired) electrons. The Morgan fingerprint density at radius 3 is 2.42 bits per heavy atom. The molecule has 1 rings (SSSR count). The standard InChI is InChI=1S/C19H28N2O5/c1-13(2)20-16(22)9-6-10-17(23)21-19(3,12-18(24)25)14-7-5-8-15(11-14)26-4/h5,7-8,11,13H,6,9-10,12H2,1-4H3,(H,20,22)(H,21,23)(H,24,25). The van der Waals surface area contributed by atoms with Crippen LogP contribution in [0.3, 0.4) is 0 Å². The van der Waals surface area contributed by atoms with E-state index in [0.717, 1.165) is 0 Å². The average Bonchev–Trinajstić information content (AvgIpc) is 2.53. The predicted octanol–water partition coefficient (Wildman–Crippen LogP) is 2.20. The highest BCUT2D eigenvalue weighted by molar-refractivity contribution is 5.80. The molecule has 0 aromatic heterocycles. The van der Waals surface area contributed by atoms with E-state index < -0.39 is 11.5 Å². The number of amides is 2. The predicted molar refractivity (Wildman–Crippen MR) is 97.9 cm³/mol. The lowest BCUT2D eigenvalue weighted by atomic mass is 9.88. The van der Waals surface area contributed by atoms with Gasteiger partial charge in [-0.05, 0) is 44.9 Å². The first-order valence-corrected chi connectivity index (χ1v) is 8.63. The third-order valence-corrected chi connectivity index (χ3v) is 3.88. The second-order valence-corrected chi connectivity index (χ2v) is 6.76. The van der Waals surface area contributed by atoms with Crippen molar-refractivity contribution in [1.29, 1.82) is 0 Å². The lowest BCUT2D eigenvalue weighted by Crippen LogP contribution is -2.45. The smallest absolute Gasteiger partial charge is 0.306 e. The van der Waals surface area contributed by atoms with Crippen LogP contribution in [0.4, 0.5) is 0 Å². The van der Waals surface area contributed by atoms with Crippen LogP contribution in [0.5, 0.6) is 5.75 Å². The largest absolute Gasteiger partial charge is 0.497 e. The molecule has 0 aliphatic rings. The highest BCUT2D eigenvalue weighted by atomic mass is 16.5. The van der Waals surface area contributed by atoms with Crippen molar-refractivity contribution in [1.82, 2.24) is 10.6 Å². The second-order valence-electron chi connectivity index (χ2n) is 6.76. The lowest BCUT2D eigenvalue weighted by Gasteiger charge is -2.30. The molecule has 144 valence electrons. The fraction of sp³-hybridized carbons (Fsp3) is 0.526. The van der Waals surface area contributed by atoms with Crippen molar-refractivity contribution in [3.8, 4) is 5.75 Å². The lowest BCUT2D eigenvalue weighted by molar-refractivity contribution is -0.139. The van der Waals surface area contributed by atoms with Gasteiger partial charge in [-0.25, -0.2) is 0 Å². The Labute approximate surface area is 154 Å². The summed E-state index contributed by atoms with van der Waals surface area (Å²) in [5.74, 6) is -0.839. The Hall–Kier alpha value is -2.57. The number of carbonyl (C=O) groups is 3. The van der Waals surface area contributed by atoms with E-state index in [2.05, 4.69) is 10.6 Å². The van der Waals surface area contributed by atoms with E-state index in [1.165, 1.54) is 7.11 Å². The molecule has 7 nitrogen and oxygen atoms in total. The third kappa shape index (κ3) is 7.13. The molecule has 0 saturated carbocycles. The van der Waals surface area contributed by atoms with Crippen LogP contribution in [0.1, 0.15) is 52.0 Å². The van der Waals surface area contributed by atoms with Crippen LogP contribution in [0, 0.1) is 0 Å². The van der Waals surface area contributed by atoms with Gasteiger partial charge >= 0.3 is 5.97 Å². The summed E-state index contributed by atoms with van der Waals surface area (Å²) in [5, 5.41) is 14.8. The summed E-state index contributed by atoms with van der Waals surface area (Å²) in [6, 6.07) is 7.01. The molecule has 0 aliphatic heterocycles. The van der Waals surface area contributed by atoms with Crippen LogP contribution in [-0.4, -0.2) is 36.0 Å². The van der Waals surface area contributed by atoms with E-state index in [0.29, 0.717) is 17.7 Å². The summed E-state index contributed by atoms with van der Waals surface area (Å²) in [4.78, 5) is 35.2. The first-order valence-electron chi connectivity index (χ1n) is 8.63. The van der Waals surface area contributed by atoms with Gasteiger partial charge in [0.25, 0.3) is 0 Å². The highest BCUT2D eigenvalue weighted by Gasteiger charge is 2.31. The number of aliphatic carboxylic acids is 1. The van der Waals surface area contributed by atoms with Gasteiger partial charge in [-0.1, -0.05) is 12.1 Å². The van der Waals surface area contributed by atoms with Crippen LogP contribution in [0.15, 0.2) is 24.3 Å². The number of carboxylic acid groups (broad SMARTS) is 1. The molecule has 0 spiro atoms. The Kier molecular flexibility index (Phi) is 8.09. The van der Waals surface area contributed by atoms with Gasteiger partial charge < -0.3 is 20.5 Å². The molecule has 0 bridgehead atoms. The summed E-state index contributed by atoms with van der Waals surface area (Å²) in [6.45, 7) is 5.41. The quantitative estimate of drug-likeness (QED) is 0.590. The molecule has 0 fully saturated rings. The van der Waals surface area contributed by atoms with Crippen molar-refractivity contribution in [2.24, 2.45) is 0 Å². The molecule has 2 amide bonds. The van der Waals surface area contributed by atoms with Gasteiger partial charge in [0.2, 0.25) is 11.8 Å². The van der Waals surface area contributed by atoms with Crippen LogP contribution in [0.25, 0.3) is 0 Å². The zero-order valence-corrected chi connectivity index (χ0v) is 15.8. The minimum Gasteiger partial charge on any atom is -0.497 e. The van der Waals surface area contributed by atoms with Crippen LogP contribution in [-0.2, 0) is 19.9 Å². The van der Waals surface area contributed by atoms with Gasteiger partial charge in [-0.2, -0.15) is 0 Å². The summed E-state index contributed by atoms with van der Waals surface area (Å²) >= 11 is 0. The minimum atomic E-state index is -1.07. The van der Waals surface area contributed by atoms with Crippen molar-refractivity contribution in [3.05, 3.63) is 29.8 Å². The maximum atomic E-state index is 12.3. The monoisotopic (exact) mass is 364 g/mol. The van der Waals surface area contributed by atoms with Crippen molar-refractivity contribution in [3.63, 3.8) is 0 Å². The number of hydrogen-bond donors (Lipinski definition) is 3. The van der Waals surface area contributed by atoms with Crippen molar-refractivity contribution < 1.29 is 24.2 Å². The molecule has 26 heavy (non-hydrogen) atoms. The molecule has 1 atom stereocenters. The number of hydrogen-bond acceptors (Lipinski definition) is 4. The fourth-order valence-corrected chi connectivity index (χ4v) is 2.66. The molecular formula is C19H28N2O5. The number of benzene rings is 1. The summed E-state index contributed by atoms with van der Waals surface area (Å²) in [6.07, 6.45) is 0.524. The van der Waals surface area contributed by atoms with Gasteiger partial charge in [-0.3, -0.25) is 14.4 Å². The second kappa shape index (κ2) is 9.79. The van der Waals surface area contributed by atoms with Crippen molar-refractivity contribution in [2.75, 3.05) is 7.11 Å². The van der Waals surface area contributed by atoms with E-state index in [9.17, 15) is 19.5 Å². The highest BCUT2D eigenvalue weighted by Crippen LogP contribution is 2.28. The Bertz CT molecular complexity index is 645. The van der Waals surface area contributed by atoms with E-state index in [-0.39, 0.29) is 37.1 Å². The maximum absolute atomic E-state index is 12.3. The summed E-state index contributed by atoms with van der Waals surface area (Å²) < 4.78 is 5.18. The molecule has 7 heteroatoms. The molecule has 1 unspecified atom stereocenters. The fourth-order valence-electron chi connectivity index (χ4n) is 2.66. The normalized spacial score (nSPS) is 13.0. The van der Waals surface area contributed by atoms with Crippen molar-refractivity contribution >= 4 is 17.8 Å². The molecular weight excluding hydrogens is 336 g/mol. The Morgan fingerprint density at radius 1 is 1.19 bits per heavy atom. The number of rotatable bonds is 10. The minimum absolute atomic E-state index is 0.0586. The average molecular weight is 364 g/mol. The third-order valence-electron chi connectivity index (χ3n) is 3.88. The van der Waals surface area contributed by atoms with E-state index in [1.54, 1.807) is 31.2 Å². The number of methoxy groups -OCH3 is 1. The van der Waals surface area contributed by atoms with Gasteiger partial charge in [0, 0.05) is 18.9 Å². The molecule has 0 aliphatic carbocycles. The van der Waals surface area contributed by atoms with Gasteiger partial charge in [0.1, 0.15) is 5.75 Å². The zero-order chi connectivity index (χ0) is 19.7. The van der Waals surface area contributed by atoms with Crippen LogP contribution < -0.4 is 15.4 Å². The maximum Gasteiger partial charge on any atom is 0.306 e. The van der Waals surface area contributed by atoms with E-state index >= 15 is 0 Å². The number of carboxylic acids is 1. The van der Waals surface area contributed by atoms with Gasteiger partial charge in [0.05, 0.1) is 19.1 Å². The van der Waals surface area contributed by atoms with E-state index in [4.69, 9.17) is 4.74 Å². The SMILES string of the molecule is COc1cccc(C(C)(CC(=O)O)NC(=O)CCCC(=O)NC(C)C)c1. The summed E-state index contributed by atoms with van der Waals surface area (Å²) in [5.41, 5.74) is -0.428. The van der Waals surface area contributed by atoms with E-state index in [1.807, 2.05) is 13.8 Å². The molecule has 3 N–H and O–H groups in total. The number of ether oxygens (including phenoxy) is 1. The number of nitrogens with one attached hydrogen (secondary N) is 2. The van der Waals surface area contributed by atoms with Gasteiger partial charge in [-0.15, -0.1) is 0 Å².